The van der Waals surface area contributed by atoms with Crippen LogP contribution in [-0.2, 0) is 14.3 Å². The second kappa shape index (κ2) is 7.23. The number of benzene rings is 1. The molecule has 1 aromatic carbocycles. The predicted molar refractivity (Wildman–Crippen MR) is 80.5 cm³/mol. The highest BCUT2D eigenvalue weighted by molar-refractivity contribution is 5.74. The van der Waals surface area contributed by atoms with Crippen LogP contribution in [0, 0.1) is 17.6 Å². The Bertz CT molecular complexity index is 600. The van der Waals surface area contributed by atoms with E-state index in [0.717, 1.165) is 18.5 Å². The van der Waals surface area contributed by atoms with Crippen molar-refractivity contribution in [3.05, 3.63) is 35.4 Å². The van der Waals surface area contributed by atoms with Crippen LogP contribution < -0.4 is 10.9 Å². The van der Waals surface area contributed by atoms with E-state index in [4.69, 9.17) is 4.74 Å². The molecule has 0 spiro atoms. The van der Waals surface area contributed by atoms with Crippen molar-refractivity contribution >= 4 is 12.4 Å². The number of likely N-dealkylation sites (tertiary alicyclic amines) is 1. The second-order valence-corrected chi connectivity index (χ2v) is 6.02. The number of esters is 1. The van der Waals surface area contributed by atoms with Gasteiger partial charge in [0.1, 0.15) is 17.7 Å². The van der Waals surface area contributed by atoms with Crippen LogP contribution in [0.3, 0.4) is 0 Å². The van der Waals surface area contributed by atoms with Crippen LogP contribution in [0.5, 0.6) is 0 Å². The molecule has 2 unspecified atom stereocenters. The summed E-state index contributed by atoms with van der Waals surface area (Å²) in [6, 6.07) is 2.78. The lowest BCUT2D eigenvalue weighted by Gasteiger charge is -2.30. The Morgan fingerprint density at radius 3 is 2.54 bits per heavy atom. The van der Waals surface area contributed by atoms with Gasteiger partial charge in [-0.2, -0.15) is 0 Å². The standard InChI is InChI=1S/C16H19F2N3O3/c17-12-2-1-3-13(18)14(12)15-11(8-19-20-15)16(23)24-10-4-6-21(9-22)7-5-10/h1-3,9-11,15,19-20H,4-8H2. The Kier molecular flexibility index (Phi) is 5.06. The summed E-state index contributed by atoms with van der Waals surface area (Å²) in [4.78, 5) is 24.8. The summed E-state index contributed by atoms with van der Waals surface area (Å²) in [5.74, 6) is -2.62. The van der Waals surface area contributed by atoms with Crippen molar-refractivity contribution in [3.8, 4) is 0 Å². The molecule has 0 aromatic heterocycles. The van der Waals surface area contributed by atoms with Gasteiger partial charge in [0, 0.05) is 38.0 Å². The van der Waals surface area contributed by atoms with Crippen LogP contribution >= 0.6 is 0 Å². The zero-order valence-electron chi connectivity index (χ0n) is 13.0. The van der Waals surface area contributed by atoms with Gasteiger partial charge in [0.15, 0.2) is 0 Å². The molecular weight excluding hydrogens is 320 g/mol. The molecule has 2 aliphatic heterocycles. The first-order chi connectivity index (χ1) is 11.6. The molecule has 0 aliphatic carbocycles. The van der Waals surface area contributed by atoms with Crippen molar-refractivity contribution in [2.75, 3.05) is 19.6 Å². The smallest absolute Gasteiger partial charge is 0.312 e. The summed E-state index contributed by atoms with van der Waals surface area (Å²) in [6.45, 7) is 1.30. The topological polar surface area (TPSA) is 70.7 Å². The van der Waals surface area contributed by atoms with Gasteiger partial charge in [-0.05, 0) is 12.1 Å². The van der Waals surface area contributed by atoms with Gasteiger partial charge in [0.25, 0.3) is 0 Å². The average molecular weight is 339 g/mol. The second-order valence-electron chi connectivity index (χ2n) is 6.02. The molecule has 6 nitrogen and oxygen atoms in total. The SMILES string of the molecule is O=CN1CCC(OC(=O)C2CNNC2c2c(F)cccc2F)CC1. The van der Waals surface area contributed by atoms with Gasteiger partial charge in [-0.15, -0.1) is 0 Å². The Morgan fingerprint density at radius 2 is 1.92 bits per heavy atom. The van der Waals surface area contributed by atoms with Gasteiger partial charge in [0.05, 0.1) is 12.0 Å². The highest BCUT2D eigenvalue weighted by Gasteiger charge is 2.39. The highest BCUT2D eigenvalue weighted by Crippen LogP contribution is 2.30. The molecule has 0 bridgehead atoms. The lowest BCUT2D eigenvalue weighted by atomic mass is 9.94. The molecule has 0 saturated carbocycles. The summed E-state index contributed by atoms with van der Waals surface area (Å²) >= 11 is 0. The van der Waals surface area contributed by atoms with Gasteiger partial charge in [-0.25, -0.2) is 14.2 Å². The van der Waals surface area contributed by atoms with Crippen molar-refractivity contribution in [2.45, 2.75) is 25.0 Å². The molecule has 2 atom stereocenters. The monoisotopic (exact) mass is 339 g/mol. The summed E-state index contributed by atoms with van der Waals surface area (Å²) in [7, 11) is 0. The maximum absolute atomic E-state index is 14.0. The fourth-order valence-electron chi connectivity index (χ4n) is 3.15. The molecule has 3 rings (SSSR count). The number of ether oxygens (including phenoxy) is 1. The van der Waals surface area contributed by atoms with Crippen molar-refractivity contribution in [1.29, 1.82) is 0 Å². The zero-order valence-corrected chi connectivity index (χ0v) is 13.0. The normalized spacial score (nSPS) is 24.8. The van der Waals surface area contributed by atoms with E-state index in [1.807, 2.05) is 0 Å². The fraction of sp³-hybridized carbons (Fsp3) is 0.500. The van der Waals surface area contributed by atoms with E-state index < -0.39 is 29.6 Å². The fourth-order valence-corrected chi connectivity index (χ4v) is 3.15. The molecule has 2 aliphatic rings. The van der Waals surface area contributed by atoms with E-state index in [1.54, 1.807) is 4.90 Å². The first kappa shape index (κ1) is 16.8. The Balaban J connectivity index is 1.67. The molecule has 130 valence electrons. The van der Waals surface area contributed by atoms with Crippen molar-refractivity contribution < 1.29 is 23.1 Å². The van der Waals surface area contributed by atoms with Crippen molar-refractivity contribution in [2.24, 2.45) is 5.92 Å². The van der Waals surface area contributed by atoms with Crippen LogP contribution in [-0.4, -0.2) is 43.0 Å². The molecule has 0 radical (unpaired) electrons. The molecule has 2 N–H and O–H groups in total. The van der Waals surface area contributed by atoms with E-state index in [2.05, 4.69) is 10.9 Å². The quantitative estimate of drug-likeness (QED) is 0.630. The van der Waals surface area contributed by atoms with E-state index in [-0.39, 0.29) is 18.2 Å². The number of hydrogen-bond donors (Lipinski definition) is 2. The molecule has 8 heteroatoms. The first-order valence-corrected chi connectivity index (χ1v) is 7.92. The van der Waals surface area contributed by atoms with Crippen LogP contribution in [0.1, 0.15) is 24.4 Å². The van der Waals surface area contributed by atoms with Crippen molar-refractivity contribution in [1.82, 2.24) is 15.8 Å². The number of nitrogens with zero attached hydrogens (tertiary/aromatic N) is 1. The maximum Gasteiger partial charge on any atom is 0.312 e. The van der Waals surface area contributed by atoms with Gasteiger partial charge in [0.2, 0.25) is 6.41 Å². The molecule has 1 aromatic rings. The van der Waals surface area contributed by atoms with Gasteiger partial charge in [-0.3, -0.25) is 15.0 Å². The number of hydrogen-bond acceptors (Lipinski definition) is 5. The van der Waals surface area contributed by atoms with E-state index in [1.165, 1.54) is 6.07 Å². The van der Waals surface area contributed by atoms with Gasteiger partial charge >= 0.3 is 5.97 Å². The van der Waals surface area contributed by atoms with Gasteiger partial charge < -0.3 is 9.64 Å². The minimum Gasteiger partial charge on any atom is -0.462 e. The highest BCUT2D eigenvalue weighted by atomic mass is 19.1. The predicted octanol–water partition coefficient (Wildman–Crippen LogP) is 0.894. The molecule has 1 amide bonds. The molecule has 2 saturated heterocycles. The summed E-state index contributed by atoms with van der Waals surface area (Å²) < 4.78 is 33.5. The third-order valence-corrected chi connectivity index (χ3v) is 4.50. The molecular formula is C16H19F2N3O3. The number of carbonyl (C=O) groups excluding carboxylic acids is 2. The minimum atomic E-state index is -0.825. The van der Waals surface area contributed by atoms with E-state index in [0.29, 0.717) is 25.9 Å². The largest absolute Gasteiger partial charge is 0.462 e. The number of hydrazine groups is 1. The first-order valence-electron chi connectivity index (χ1n) is 7.92. The average Bonchev–Trinajstić information content (AvgIpc) is 3.05. The minimum absolute atomic E-state index is 0.166. The maximum atomic E-state index is 14.0. The summed E-state index contributed by atoms with van der Waals surface area (Å²) in [5.41, 5.74) is 5.36. The number of piperidine rings is 1. The van der Waals surface area contributed by atoms with Gasteiger partial charge in [-0.1, -0.05) is 6.07 Å². The lowest BCUT2D eigenvalue weighted by Crippen LogP contribution is -2.38. The van der Waals surface area contributed by atoms with Crippen LogP contribution in [0.4, 0.5) is 8.78 Å². The summed E-state index contributed by atoms with van der Waals surface area (Å²) in [6.07, 6.45) is 1.63. The lowest BCUT2D eigenvalue weighted by molar-refractivity contribution is -0.156. The number of nitrogens with one attached hydrogen (secondary N) is 2. The molecule has 2 fully saturated rings. The molecule has 24 heavy (non-hydrogen) atoms. The van der Waals surface area contributed by atoms with E-state index in [9.17, 15) is 18.4 Å². The number of rotatable bonds is 4. The molecule has 2 heterocycles. The Hall–Kier alpha value is -2.06. The van der Waals surface area contributed by atoms with Crippen molar-refractivity contribution in [3.63, 3.8) is 0 Å². The third kappa shape index (κ3) is 3.39. The summed E-state index contributed by atoms with van der Waals surface area (Å²) in [5, 5.41) is 0. The number of amides is 1. The third-order valence-electron chi connectivity index (χ3n) is 4.50. The number of halogens is 2. The Labute approximate surface area is 138 Å². The Morgan fingerprint density at radius 1 is 1.25 bits per heavy atom. The van der Waals surface area contributed by atoms with Crippen LogP contribution in [0.25, 0.3) is 0 Å². The van der Waals surface area contributed by atoms with Crippen LogP contribution in [0.15, 0.2) is 18.2 Å². The van der Waals surface area contributed by atoms with Crippen LogP contribution in [0.2, 0.25) is 0 Å². The number of carbonyl (C=O) groups is 2. The van der Waals surface area contributed by atoms with E-state index >= 15 is 0 Å². The zero-order chi connectivity index (χ0) is 17.1.